The van der Waals surface area contributed by atoms with E-state index in [0.29, 0.717) is 34.2 Å². The van der Waals surface area contributed by atoms with E-state index in [4.69, 9.17) is 15.2 Å². The van der Waals surface area contributed by atoms with Crippen LogP contribution in [0.4, 0.5) is 5.82 Å². The predicted octanol–water partition coefficient (Wildman–Crippen LogP) is 2.48. The molecule has 4 rings (SSSR count). The van der Waals surface area contributed by atoms with Gasteiger partial charge in [0, 0.05) is 24.0 Å². The molecule has 2 N–H and O–H groups in total. The van der Waals surface area contributed by atoms with Crippen LogP contribution in [0.5, 0.6) is 11.5 Å². The van der Waals surface area contributed by atoms with Crippen LogP contribution in [0.2, 0.25) is 0 Å². The van der Waals surface area contributed by atoms with Crippen molar-refractivity contribution in [3.8, 4) is 28.6 Å². The number of nitrogens with zero attached hydrogens (tertiary/aromatic N) is 5. The lowest BCUT2D eigenvalue weighted by atomic mass is 10.2. The molecule has 1 aromatic carbocycles. The van der Waals surface area contributed by atoms with Crippen LogP contribution < -0.4 is 15.2 Å². The van der Waals surface area contributed by atoms with Gasteiger partial charge in [0.05, 0.1) is 26.1 Å². The first-order valence-corrected chi connectivity index (χ1v) is 7.85. The summed E-state index contributed by atoms with van der Waals surface area (Å²) in [6.07, 6.45) is 5.03. The highest BCUT2D eigenvalue weighted by molar-refractivity contribution is 5.87. The largest absolute Gasteiger partial charge is 0.493 e. The fourth-order valence-electron chi connectivity index (χ4n) is 2.75. The van der Waals surface area contributed by atoms with E-state index < -0.39 is 0 Å². The number of hydrogen-bond donors (Lipinski definition) is 1. The molecule has 0 unspecified atom stereocenters. The summed E-state index contributed by atoms with van der Waals surface area (Å²) in [6, 6.07) is 9.16. The lowest BCUT2D eigenvalue weighted by Crippen LogP contribution is -2.03. The highest BCUT2D eigenvalue weighted by Crippen LogP contribution is 2.31. The molecule has 0 aliphatic rings. The fraction of sp³-hybridized carbons (Fsp3) is 0.111. The standard InChI is InChI=1S/C18H16N6O2/c1-25-14-4-3-12(9-15(14)26-2)24-16-13(10-21-24)22-18(23-17(16)19)11-5-7-20-8-6-11/h3-10H,1-2H3,(H2,19,22,23). The molecule has 3 aromatic heterocycles. The number of ether oxygens (including phenoxy) is 2. The van der Waals surface area contributed by atoms with Crippen LogP contribution in [0, 0.1) is 0 Å². The van der Waals surface area contributed by atoms with E-state index in [9.17, 15) is 0 Å². The van der Waals surface area contributed by atoms with Gasteiger partial charge >= 0.3 is 0 Å². The molecule has 26 heavy (non-hydrogen) atoms. The molecule has 0 spiro atoms. The summed E-state index contributed by atoms with van der Waals surface area (Å²) in [7, 11) is 3.18. The topological polar surface area (TPSA) is 101 Å². The zero-order valence-corrected chi connectivity index (χ0v) is 14.2. The first kappa shape index (κ1) is 15.8. The minimum absolute atomic E-state index is 0.342. The minimum atomic E-state index is 0.342. The molecular formula is C18H16N6O2. The van der Waals surface area contributed by atoms with E-state index >= 15 is 0 Å². The zero-order valence-electron chi connectivity index (χ0n) is 14.2. The van der Waals surface area contributed by atoms with E-state index in [1.54, 1.807) is 37.5 Å². The van der Waals surface area contributed by atoms with Gasteiger partial charge in [0.2, 0.25) is 0 Å². The third-order valence-electron chi connectivity index (χ3n) is 4.00. The lowest BCUT2D eigenvalue weighted by molar-refractivity contribution is 0.355. The van der Waals surface area contributed by atoms with Gasteiger partial charge in [-0.3, -0.25) is 4.98 Å². The number of hydrogen-bond acceptors (Lipinski definition) is 7. The Kier molecular flexibility index (Phi) is 3.85. The van der Waals surface area contributed by atoms with Crippen LogP contribution >= 0.6 is 0 Å². The zero-order chi connectivity index (χ0) is 18.1. The summed E-state index contributed by atoms with van der Waals surface area (Å²) in [5.74, 6) is 2.11. The second kappa shape index (κ2) is 6.32. The second-order valence-electron chi connectivity index (χ2n) is 5.50. The highest BCUT2D eigenvalue weighted by atomic mass is 16.5. The van der Waals surface area contributed by atoms with E-state index in [0.717, 1.165) is 11.3 Å². The molecular weight excluding hydrogens is 332 g/mol. The quantitative estimate of drug-likeness (QED) is 0.604. The molecule has 0 radical (unpaired) electrons. The van der Waals surface area contributed by atoms with Gasteiger partial charge in [-0.05, 0) is 24.3 Å². The Morgan fingerprint density at radius 1 is 0.962 bits per heavy atom. The molecule has 8 heteroatoms. The van der Waals surface area contributed by atoms with Gasteiger partial charge in [-0.2, -0.15) is 5.10 Å². The van der Waals surface area contributed by atoms with Gasteiger partial charge in [0.25, 0.3) is 0 Å². The number of nitrogens with two attached hydrogens (primary N) is 1. The van der Waals surface area contributed by atoms with Gasteiger partial charge in [0.1, 0.15) is 11.0 Å². The maximum atomic E-state index is 6.22. The predicted molar refractivity (Wildman–Crippen MR) is 97.4 cm³/mol. The number of rotatable bonds is 4. The number of benzene rings is 1. The van der Waals surface area contributed by atoms with Crippen molar-refractivity contribution in [2.45, 2.75) is 0 Å². The summed E-state index contributed by atoms with van der Waals surface area (Å²) in [4.78, 5) is 13.0. The van der Waals surface area contributed by atoms with Gasteiger partial charge < -0.3 is 15.2 Å². The fourth-order valence-corrected chi connectivity index (χ4v) is 2.75. The van der Waals surface area contributed by atoms with Gasteiger partial charge in [-0.1, -0.05) is 0 Å². The second-order valence-corrected chi connectivity index (χ2v) is 5.50. The van der Waals surface area contributed by atoms with Crippen molar-refractivity contribution in [1.82, 2.24) is 24.7 Å². The molecule has 0 fully saturated rings. The summed E-state index contributed by atoms with van der Waals surface area (Å²) in [6.45, 7) is 0. The number of fused-ring (bicyclic) bond motifs is 1. The van der Waals surface area contributed by atoms with Gasteiger partial charge in [0.15, 0.2) is 23.1 Å². The average Bonchev–Trinajstić information content (AvgIpc) is 3.12. The van der Waals surface area contributed by atoms with Crippen molar-refractivity contribution in [1.29, 1.82) is 0 Å². The normalized spacial score (nSPS) is 10.8. The monoisotopic (exact) mass is 348 g/mol. The van der Waals surface area contributed by atoms with Crippen LogP contribution in [0.15, 0.2) is 48.9 Å². The van der Waals surface area contributed by atoms with Crippen LogP contribution in [-0.2, 0) is 0 Å². The maximum absolute atomic E-state index is 6.22. The van der Waals surface area contributed by atoms with Crippen molar-refractivity contribution in [3.05, 3.63) is 48.9 Å². The Morgan fingerprint density at radius 3 is 2.46 bits per heavy atom. The van der Waals surface area contributed by atoms with E-state index in [2.05, 4.69) is 20.1 Å². The maximum Gasteiger partial charge on any atom is 0.162 e. The number of anilines is 1. The Bertz CT molecular complexity index is 1080. The van der Waals surface area contributed by atoms with E-state index in [1.807, 2.05) is 30.3 Å². The molecule has 0 saturated carbocycles. The van der Waals surface area contributed by atoms with E-state index in [-0.39, 0.29) is 0 Å². The Balaban J connectivity index is 1.86. The van der Waals surface area contributed by atoms with Gasteiger partial charge in [-0.15, -0.1) is 0 Å². The third kappa shape index (κ3) is 2.57. The number of pyridine rings is 1. The van der Waals surface area contributed by atoms with Crippen LogP contribution in [-0.4, -0.2) is 39.0 Å². The molecule has 0 aliphatic heterocycles. The van der Waals surface area contributed by atoms with Gasteiger partial charge in [-0.25, -0.2) is 14.6 Å². The molecule has 0 aliphatic carbocycles. The van der Waals surface area contributed by atoms with Crippen LogP contribution in [0.25, 0.3) is 28.1 Å². The Morgan fingerprint density at radius 2 is 1.73 bits per heavy atom. The smallest absolute Gasteiger partial charge is 0.162 e. The molecule has 0 bridgehead atoms. The first-order chi connectivity index (χ1) is 12.7. The van der Waals surface area contributed by atoms with Crippen molar-refractivity contribution in [3.63, 3.8) is 0 Å². The molecule has 0 atom stereocenters. The lowest BCUT2D eigenvalue weighted by Gasteiger charge is -2.11. The molecule has 0 amide bonds. The van der Waals surface area contributed by atoms with Crippen molar-refractivity contribution in [2.24, 2.45) is 0 Å². The molecule has 130 valence electrons. The molecule has 0 saturated heterocycles. The summed E-state index contributed by atoms with van der Waals surface area (Å²) in [5, 5.41) is 4.42. The summed E-state index contributed by atoms with van der Waals surface area (Å²) in [5.41, 5.74) is 9.11. The highest BCUT2D eigenvalue weighted by Gasteiger charge is 2.15. The number of methoxy groups -OCH3 is 2. The average molecular weight is 348 g/mol. The molecule has 3 heterocycles. The Hall–Kier alpha value is -3.68. The van der Waals surface area contributed by atoms with Crippen molar-refractivity contribution in [2.75, 3.05) is 20.0 Å². The SMILES string of the molecule is COc1ccc(-n2ncc3nc(-c4ccncc4)nc(N)c32)cc1OC. The Labute approximate surface area is 149 Å². The van der Waals surface area contributed by atoms with Crippen molar-refractivity contribution >= 4 is 16.9 Å². The van der Waals surface area contributed by atoms with Crippen LogP contribution in [0.3, 0.4) is 0 Å². The number of nitrogen functional groups attached to an aromatic ring is 1. The summed E-state index contributed by atoms with van der Waals surface area (Å²) >= 11 is 0. The molecule has 4 aromatic rings. The first-order valence-electron chi connectivity index (χ1n) is 7.85. The third-order valence-corrected chi connectivity index (χ3v) is 4.00. The van der Waals surface area contributed by atoms with E-state index in [1.165, 1.54) is 0 Å². The summed E-state index contributed by atoms with van der Waals surface area (Å²) < 4.78 is 12.3. The van der Waals surface area contributed by atoms with Crippen molar-refractivity contribution < 1.29 is 9.47 Å². The van der Waals surface area contributed by atoms with Crippen LogP contribution in [0.1, 0.15) is 0 Å². The number of aromatic nitrogens is 5. The molecule has 8 nitrogen and oxygen atoms in total. The minimum Gasteiger partial charge on any atom is -0.493 e.